The third-order valence-corrected chi connectivity index (χ3v) is 6.84. The zero-order chi connectivity index (χ0) is 32.5. The van der Waals surface area contributed by atoms with Gasteiger partial charge in [0.2, 0.25) is 5.95 Å². The highest BCUT2D eigenvalue weighted by molar-refractivity contribution is 6.58. The van der Waals surface area contributed by atoms with E-state index in [2.05, 4.69) is 35.3 Å². The lowest BCUT2D eigenvalue weighted by molar-refractivity contribution is -0.144. The highest BCUT2D eigenvalue weighted by Gasteiger charge is 2.23. The second-order valence-corrected chi connectivity index (χ2v) is 10.0. The summed E-state index contributed by atoms with van der Waals surface area (Å²) in [5, 5.41) is 24.2. The summed E-state index contributed by atoms with van der Waals surface area (Å²) in [5.74, 6) is -1.22. The van der Waals surface area contributed by atoms with E-state index in [0.29, 0.717) is 41.0 Å². The van der Waals surface area contributed by atoms with Crippen LogP contribution in [0, 0.1) is 0 Å². The number of anilines is 3. The Hall–Kier alpha value is -5.35. The average Bonchev–Trinajstić information content (AvgIpc) is 3.05. The van der Waals surface area contributed by atoms with Gasteiger partial charge >= 0.3 is 19.1 Å². The number of nitrogens with two attached hydrogens (primary N) is 1. The monoisotopic (exact) mass is 616 g/mol. The Bertz CT molecular complexity index is 1660. The SMILES string of the molecule is COC(=O)CCC(NC(=O)c1ccc(N(C)Cc2cnc3nc(NCc4ccc(B(O)O)cc4)nc(N)c3n2)cc1)C(=O)OC. The van der Waals surface area contributed by atoms with E-state index < -0.39 is 31.0 Å². The lowest BCUT2D eigenvalue weighted by Gasteiger charge is -2.20. The van der Waals surface area contributed by atoms with Gasteiger partial charge in [-0.1, -0.05) is 24.3 Å². The number of nitrogens with zero attached hydrogens (tertiary/aromatic N) is 5. The molecule has 4 rings (SSSR count). The van der Waals surface area contributed by atoms with Crippen LogP contribution < -0.4 is 26.7 Å². The maximum Gasteiger partial charge on any atom is 0.488 e. The molecule has 1 unspecified atom stereocenters. The molecule has 1 atom stereocenters. The van der Waals surface area contributed by atoms with E-state index in [9.17, 15) is 24.4 Å². The van der Waals surface area contributed by atoms with Crippen molar-refractivity contribution in [2.24, 2.45) is 0 Å². The van der Waals surface area contributed by atoms with Gasteiger partial charge in [0.15, 0.2) is 17.0 Å². The summed E-state index contributed by atoms with van der Waals surface area (Å²) in [6.07, 6.45) is 1.58. The predicted molar refractivity (Wildman–Crippen MR) is 166 cm³/mol. The molecule has 0 radical (unpaired) electrons. The molecule has 0 aliphatic heterocycles. The van der Waals surface area contributed by atoms with Gasteiger partial charge in [-0.3, -0.25) is 9.59 Å². The Morgan fingerprint density at radius 2 is 1.71 bits per heavy atom. The van der Waals surface area contributed by atoms with Crippen molar-refractivity contribution < 1.29 is 33.9 Å². The molecule has 0 aliphatic rings. The topological polar surface area (TPSA) is 215 Å². The number of carbonyl (C=O) groups is 3. The molecule has 4 aromatic rings. The standard InChI is InChI=1S/C29H33BN8O7/c1-38(21-10-6-18(7-11-21)27(40)35-22(28(41)45-3)12-13-23(39)44-2)16-20-15-32-26-24(34-20)25(31)36-29(37-26)33-14-17-4-8-19(9-5-17)30(42)43/h4-11,15,22,42-43H,12-14,16H2,1-3H3,(H,35,40)(H3,31,32,33,36,37). The minimum Gasteiger partial charge on any atom is -0.469 e. The maximum absolute atomic E-state index is 12.8. The highest BCUT2D eigenvalue weighted by atomic mass is 16.5. The number of methoxy groups -OCH3 is 2. The van der Waals surface area contributed by atoms with Crippen LogP contribution in [0.15, 0.2) is 54.7 Å². The van der Waals surface area contributed by atoms with Crippen LogP contribution in [0.25, 0.3) is 11.2 Å². The highest BCUT2D eigenvalue weighted by Crippen LogP contribution is 2.20. The smallest absolute Gasteiger partial charge is 0.469 e. The first-order chi connectivity index (χ1) is 21.6. The van der Waals surface area contributed by atoms with Gasteiger partial charge in [-0.15, -0.1) is 0 Å². The molecule has 0 saturated carbocycles. The molecular weight excluding hydrogens is 583 g/mol. The summed E-state index contributed by atoms with van der Waals surface area (Å²) >= 11 is 0. The normalized spacial score (nSPS) is 11.4. The lowest BCUT2D eigenvalue weighted by Crippen LogP contribution is -2.41. The first-order valence-corrected chi connectivity index (χ1v) is 13.8. The van der Waals surface area contributed by atoms with Crippen LogP contribution in [0.5, 0.6) is 0 Å². The second kappa shape index (κ2) is 14.9. The number of nitrogens with one attached hydrogen (secondary N) is 2. The Morgan fingerprint density at radius 3 is 2.36 bits per heavy atom. The number of hydrogen-bond acceptors (Lipinski definition) is 14. The second-order valence-electron chi connectivity index (χ2n) is 10.0. The number of amides is 1. The van der Waals surface area contributed by atoms with E-state index in [4.69, 9.17) is 10.5 Å². The lowest BCUT2D eigenvalue weighted by atomic mass is 9.80. The molecule has 0 spiro atoms. The van der Waals surface area contributed by atoms with Gasteiger partial charge in [-0.2, -0.15) is 9.97 Å². The fourth-order valence-corrected chi connectivity index (χ4v) is 4.31. The predicted octanol–water partition coefficient (Wildman–Crippen LogP) is 0.155. The van der Waals surface area contributed by atoms with Crippen molar-refractivity contribution in [3.63, 3.8) is 0 Å². The Kier molecular flexibility index (Phi) is 10.8. The Morgan fingerprint density at radius 1 is 1.00 bits per heavy atom. The first kappa shape index (κ1) is 32.6. The van der Waals surface area contributed by atoms with Gasteiger partial charge in [0.05, 0.1) is 32.7 Å². The minimum atomic E-state index is -1.53. The summed E-state index contributed by atoms with van der Waals surface area (Å²) in [5.41, 5.74) is 9.84. The average molecular weight is 616 g/mol. The van der Waals surface area contributed by atoms with Crippen LogP contribution in [-0.4, -0.2) is 82.3 Å². The van der Waals surface area contributed by atoms with E-state index in [0.717, 1.165) is 11.3 Å². The van der Waals surface area contributed by atoms with Gasteiger partial charge in [0.1, 0.15) is 6.04 Å². The largest absolute Gasteiger partial charge is 0.488 e. The molecule has 16 heteroatoms. The third-order valence-electron chi connectivity index (χ3n) is 6.84. The number of hydrogen-bond donors (Lipinski definition) is 5. The van der Waals surface area contributed by atoms with Gasteiger partial charge < -0.3 is 40.8 Å². The number of esters is 2. The minimum absolute atomic E-state index is 0.0407. The fourth-order valence-electron chi connectivity index (χ4n) is 4.31. The van der Waals surface area contributed by atoms with Gasteiger partial charge in [-0.25, -0.2) is 14.8 Å². The molecule has 2 aromatic heterocycles. The van der Waals surface area contributed by atoms with Crippen LogP contribution in [0.3, 0.4) is 0 Å². The van der Waals surface area contributed by atoms with Crippen molar-refractivity contribution in [3.05, 3.63) is 71.5 Å². The van der Waals surface area contributed by atoms with E-state index in [-0.39, 0.29) is 24.6 Å². The Labute approximate surface area is 259 Å². The maximum atomic E-state index is 12.8. The van der Waals surface area contributed by atoms with Gasteiger partial charge in [-0.05, 0) is 41.7 Å². The first-order valence-electron chi connectivity index (χ1n) is 13.8. The third kappa shape index (κ3) is 8.61. The number of nitrogen functional groups attached to an aromatic ring is 1. The number of benzene rings is 2. The number of rotatable bonds is 13. The fraction of sp³-hybridized carbons (Fsp3) is 0.276. The zero-order valence-electron chi connectivity index (χ0n) is 24.9. The number of ether oxygens (including phenoxy) is 2. The van der Waals surface area contributed by atoms with E-state index >= 15 is 0 Å². The van der Waals surface area contributed by atoms with E-state index in [1.54, 1.807) is 54.7 Å². The molecular formula is C29H33BN8O7. The van der Waals surface area contributed by atoms with E-state index in [1.165, 1.54) is 14.2 Å². The summed E-state index contributed by atoms with van der Waals surface area (Å²) in [4.78, 5) is 56.0. The van der Waals surface area contributed by atoms with Crippen LogP contribution in [0.1, 0.15) is 34.5 Å². The van der Waals surface area contributed by atoms with Crippen molar-refractivity contribution in [2.45, 2.75) is 32.0 Å². The molecule has 6 N–H and O–H groups in total. The molecule has 2 heterocycles. The molecule has 0 aliphatic carbocycles. The van der Waals surface area contributed by atoms with Crippen LogP contribution in [0.4, 0.5) is 17.5 Å². The number of fused-ring (bicyclic) bond motifs is 1. The van der Waals surface area contributed by atoms with Crippen molar-refractivity contribution in [1.29, 1.82) is 0 Å². The van der Waals surface area contributed by atoms with Crippen molar-refractivity contribution in [2.75, 3.05) is 37.2 Å². The molecule has 15 nitrogen and oxygen atoms in total. The summed E-state index contributed by atoms with van der Waals surface area (Å²) in [7, 11) is 2.77. The van der Waals surface area contributed by atoms with Crippen molar-refractivity contribution in [1.82, 2.24) is 25.3 Å². The van der Waals surface area contributed by atoms with Crippen molar-refractivity contribution in [3.8, 4) is 0 Å². The van der Waals surface area contributed by atoms with Crippen molar-refractivity contribution >= 4 is 59.0 Å². The van der Waals surface area contributed by atoms with Gasteiger partial charge in [0.25, 0.3) is 5.91 Å². The van der Waals surface area contributed by atoms with E-state index in [1.807, 2.05) is 11.9 Å². The quantitative estimate of drug-likeness (QED) is 0.0999. The molecule has 0 saturated heterocycles. The zero-order valence-corrected chi connectivity index (χ0v) is 24.9. The van der Waals surface area contributed by atoms with Crippen LogP contribution >= 0.6 is 0 Å². The van der Waals surface area contributed by atoms with Crippen LogP contribution in [0.2, 0.25) is 0 Å². The molecule has 234 valence electrons. The summed E-state index contributed by atoms with van der Waals surface area (Å²) in [6.45, 7) is 0.745. The molecule has 1 amide bonds. The summed E-state index contributed by atoms with van der Waals surface area (Å²) < 4.78 is 9.35. The Balaban J connectivity index is 1.37. The van der Waals surface area contributed by atoms with Gasteiger partial charge in [0, 0.05) is 31.3 Å². The summed E-state index contributed by atoms with van der Waals surface area (Å²) in [6, 6.07) is 12.5. The number of carbonyl (C=O) groups excluding carboxylic acids is 3. The molecule has 2 aromatic carbocycles. The molecule has 45 heavy (non-hydrogen) atoms. The molecule has 0 fully saturated rings. The molecule has 0 bridgehead atoms. The number of aromatic nitrogens is 4. The van der Waals surface area contributed by atoms with Crippen LogP contribution in [-0.2, 0) is 32.2 Å².